The Labute approximate surface area is 114 Å². The Balaban J connectivity index is 0.00000120. The number of nitrogens with one attached hydrogen (secondary N) is 1. The SMILES string of the molecule is Cl.Nc1ccccc1NC(=O)C1C2CCCCC21. The first-order valence-corrected chi connectivity index (χ1v) is 6.43. The minimum absolute atomic E-state index is 0. The fraction of sp³-hybridized carbons (Fsp3) is 0.500. The van der Waals surface area contributed by atoms with Crippen LogP contribution in [0.3, 0.4) is 0 Å². The van der Waals surface area contributed by atoms with Gasteiger partial charge in [-0.15, -0.1) is 12.4 Å². The van der Waals surface area contributed by atoms with Crippen molar-refractivity contribution in [3.8, 4) is 0 Å². The van der Waals surface area contributed by atoms with Gasteiger partial charge in [0.1, 0.15) is 0 Å². The summed E-state index contributed by atoms with van der Waals surface area (Å²) in [4.78, 5) is 12.1. The molecule has 3 N–H and O–H groups in total. The number of hydrogen-bond acceptors (Lipinski definition) is 2. The topological polar surface area (TPSA) is 55.1 Å². The largest absolute Gasteiger partial charge is 0.397 e. The fourth-order valence-corrected chi connectivity index (χ4v) is 3.21. The predicted octanol–water partition coefficient (Wildman–Crippen LogP) is 3.07. The van der Waals surface area contributed by atoms with Gasteiger partial charge in [0, 0.05) is 5.92 Å². The molecule has 0 aliphatic heterocycles. The van der Waals surface area contributed by atoms with E-state index in [2.05, 4.69) is 5.32 Å². The maximum atomic E-state index is 12.1. The summed E-state index contributed by atoms with van der Waals surface area (Å²) in [6, 6.07) is 7.45. The molecule has 2 unspecified atom stereocenters. The van der Waals surface area contributed by atoms with Gasteiger partial charge in [0.15, 0.2) is 0 Å². The van der Waals surface area contributed by atoms with Crippen LogP contribution in [0.15, 0.2) is 24.3 Å². The third-order valence-corrected chi connectivity index (χ3v) is 4.18. The normalized spacial score (nSPS) is 28.8. The fourth-order valence-electron chi connectivity index (χ4n) is 3.21. The molecule has 2 atom stereocenters. The molecular formula is C14H19ClN2O. The third kappa shape index (κ3) is 2.32. The molecule has 2 fully saturated rings. The summed E-state index contributed by atoms with van der Waals surface area (Å²) in [5.74, 6) is 1.71. The van der Waals surface area contributed by atoms with Crippen LogP contribution in [0, 0.1) is 17.8 Å². The van der Waals surface area contributed by atoms with E-state index in [4.69, 9.17) is 5.73 Å². The molecule has 0 spiro atoms. The number of benzene rings is 1. The minimum Gasteiger partial charge on any atom is -0.397 e. The molecule has 2 saturated carbocycles. The van der Waals surface area contributed by atoms with E-state index in [0.29, 0.717) is 17.5 Å². The first kappa shape index (κ1) is 13.2. The second-order valence-corrected chi connectivity index (χ2v) is 5.21. The standard InChI is InChI=1S/C14H18N2O.ClH/c15-11-7-3-4-8-12(11)16-14(17)13-9-5-1-2-6-10(9)13;/h3-4,7-10,13H,1-2,5-6,15H2,(H,16,17);1H. The quantitative estimate of drug-likeness (QED) is 0.809. The molecule has 1 aromatic rings. The molecular weight excluding hydrogens is 248 g/mol. The lowest BCUT2D eigenvalue weighted by molar-refractivity contribution is -0.117. The Hall–Kier alpha value is -1.22. The summed E-state index contributed by atoms with van der Waals surface area (Å²) >= 11 is 0. The van der Waals surface area contributed by atoms with Crippen molar-refractivity contribution in [3.63, 3.8) is 0 Å². The summed E-state index contributed by atoms with van der Waals surface area (Å²) in [6.45, 7) is 0. The number of para-hydroxylation sites is 2. The molecule has 3 rings (SSSR count). The molecule has 0 bridgehead atoms. The lowest BCUT2D eigenvalue weighted by Gasteiger charge is -2.07. The van der Waals surface area contributed by atoms with E-state index in [-0.39, 0.29) is 24.2 Å². The van der Waals surface area contributed by atoms with Crippen LogP contribution < -0.4 is 11.1 Å². The molecule has 0 saturated heterocycles. The van der Waals surface area contributed by atoms with Crippen LogP contribution in [0.1, 0.15) is 25.7 Å². The van der Waals surface area contributed by atoms with E-state index >= 15 is 0 Å². The molecule has 0 heterocycles. The third-order valence-electron chi connectivity index (χ3n) is 4.18. The van der Waals surface area contributed by atoms with Gasteiger partial charge in [0.2, 0.25) is 5.91 Å². The van der Waals surface area contributed by atoms with Crippen LogP contribution in [-0.2, 0) is 4.79 Å². The summed E-state index contributed by atoms with van der Waals surface area (Å²) in [5.41, 5.74) is 7.22. The summed E-state index contributed by atoms with van der Waals surface area (Å²) in [5, 5.41) is 2.96. The van der Waals surface area contributed by atoms with Crippen molar-refractivity contribution in [3.05, 3.63) is 24.3 Å². The van der Waals surface area contributed by atoms with Crippen molar-refractivity contribution in [1.29, 1.82) is 0 Å². The first-order chi connectivity index (χ1) is 8.27. The average Bonchev–Trinajstić information content (AvgIpc) is 3.06. The van der Waals surface area contributed by atoms with Gasteiger partial charge in [-0.25, -0.2) is 0 Å². The molecule has 1 amide bonds. The van der Waals surface area contributed by atoms with E-state index in [1.165, 1.54) is 25.7 Å². The lowest BCUT2D eigenvalue weighted by Crippen LogP contribution is -2.16. The molecule has 3 nitrogen and oxygen atoms in total. The van der Waals surface area contributed by atoms with Crippen molar-refractivity contribution in [2.45, 2.75) is 25.7 Å². The van der Waals surface area contributed by atoms with Crippen molar-refractivity contribution in [2.75, 3.05) is 11.1 Å². The molecule has 0 aromatic heterocycles. The van der Waals surface area contributed by atoms with E-state index in [1.807, 2.05) is 24.3 Å². The van der Waals surface area contributed by atoms with E-state index in [0.717, 1.165) is 5.69 Å². The number of halogens is 1. The smallest absolute Gasteiger partial charge is 0.228 e. The summed E-state index contributed by atoms with van der Waals surface area (Å²) in [7, 11) is 0. The van der Waals surface area contributed by atoms with Crippen LogP contribution in [0.5, 0.6) is 0 Å². The van der Waals surface area contributed by atoms with Gasteiger partial charge >= 0.3 is 0 Å². The number of nitrogen functional groups attached to an aromatic ring is 1. The van der Waals surface area contributed by atoms with Crippen LogP contribution in [0.2, 0.25) is 0 Å². The van der Waals surface area contributed by atoms with Crippen LogP contribution in [0.4, 0.5) is 11.4 Å². The number of amides is 1. The van der Waals surface area contributed by atoms with Crippen LogP contribution >= 0.6 is 12.4 Å². The minimum atomic E-state index is 0. The molecule has 2 aliphatic rings. The highest BCUT2D eigenvalue weighted by Crippen LogP contribution is 2.55. The lowest BCUT2D eigenvalue weighted by atomic mass is 10.0. The number of nitrogens with two attached hydrogens (primary N) is 1. The summed E-state index contributed by atoms with van der Waals surface area (Å²) < 4.78 is 0. The van der Waals surface area contributed by atoms with E-state index < -0.39 is 0 Å². The Morgan fingerprint density at radius 1 is 1.17 bits per heavy atom. The van der Waals surface area contributed by atoms with Crippen LogP contribution in [-0.4, -0.2) is 5.91 Å². The van der Waals surface area contributed by atoms with Gasteiger partial charge in [-0.3, -0.25) is 4.79 Å². The number of anilines is 2. The highest BCUT2D eigenvalue weighted by atomic mass is 35.5. The maximum Gasteiger partial charge on any atom is 0.228 e. The molecule has 4 heteroatoms. The molecule has 18 heavy (non-hydrogen) atoms. The Bertz CT molecular complexity index is 437. The number of carbonyl (C=O) groups is 1. The van der Waals surface area contributed by atoms with Gasteiger partial charge < -0.3 is 11.1 Å². The molecule has 98 valence electrons. The number of hydrogen-bond donors (Lipinski definition) is 2. The van der Waals surface area contributed by atoms with Gasteiger partial charge in [0.25, 0.3) is 0 Å². The maximum absolute atomic E-state index is 12.1. The second-order valence-electron chi connectivity index (χ2n) is 5.21. The van der Waals surface area contributed by atoms with Crippen molar-refractivity contribution < 1.29 is 4.79 Å². The predicted molar refractivity (Wildman–Crippen MR) is 75.7 cm³/mol. The number of fused-ring (bicyclic) bond motifs is 1. The molecule has 0 radical (unpaired) electrons. The molecule has 1 aromatic carbocycles. The van der Waals surface area contributed by atoms with Gasteiger partial charge in [0.05, 0.1) is 11.4 Å². The Kier molecular flexibility index (Phi) is 3.81. The summed E-state index contributed by atoms with van der Waals surface area (Å²) in [6.07, 6.45) is 5.04. The van der Waals surface area contributed by atoms with E-state index in [1.54, 1.807) is 0 Å². The zero-order valence-corrected chi connectivity index (χ0v) is 11.1. The van der Waals surface area contributed by atoms with Crippen molar-refractivity contribution in [1.82, 2.24) is 0 Å². The second kappa shape index (κ2) is 5.19. The Morgan fingerprint density at radius 3 is 2.39 bits per heavy atom. The highest BCUT2D eigenvalue weighted by Gasteiger charge is 2.54. The van der Waals surface area contributed by atoms with Crippen molar-refractivity contribution >= 4 is 29.7 Å². The van der Waals surface area contributed by atoms with Gasteiger partial charge in [-0.05, 0) is 36.8 Å². The van der Waals surface area contributed by atoms with Crippen molar-refractivity contribution in [2.24, 2.45) is 17.8 Å². The average molecular weight is 267 g/mol. The monoisotopic (exact) mass is 266 g/mol. The van der Waals surface area contributed by atoms with Crippen LogP contribution in [0.25, 0.3) is 0 Å². The Morgan fingerprint density at radius 2 is 1.78 bits per heavy atom. The zero-order valence-electron chi connectivity index (χ0n) is 10.3. The number of rotatable bonds is 2. The van der Waals surface area contributed by atoms with Gasteiger partial charge in [-0.1, -0.05) is 25.0 Å². The number of carbonyl (C=O) groups excluding carboxylic acids is 1. The highest BCUT2D eigenvalue weighted by molar-refractivity contribution is 5.97. The zero-order chi connectivity index (χ0) is 11.8. The molecule has 2 aliphatic carbocycles. The van der Waals surface area contributed by atoms with E-state index in [9.17, 15) is 4.79 Å². The van der Waals surface area contributed by atoms with Gasteiger partial charge in [-0.2, -0.15) is 0 Å². The first-order valence-electron chi connectivity index (χ1n) is 6.43.